The Balaban J connectivity index is 0.000000321. The summed E-state index contributed by atoms with van der Waals surface area (Å²) in [5, 5.41) is 14.4. The van der Waals surface area contributed by atoms with E-state index in [4.69, 9.17) is 0 Å². The molecule has 1 aromatic carbocycles. The molecular formula is C18H26N4O5. The van der Waals surface area contributed by atoms with E-state index in [2.05, 4.69) is 15.0 Å². The van der Waals surface area contributed by atoms with Crippen molar-refractivity contribution in [2.75, 3.05) is 38.1 Å². The van der Waals surface area contributed by atoms with Crippen LogP contribution in [0.3, 0.4) is 0 Å². The van der Waals surface area contributed by atoms with E-state index >= 15 is 0 Å². The van der Waals surface area contributed by atoms with E-state index in [1.807, 2.05) is 20.8 Å². The largest absolute Gasteiger partial charge is 0.462 e. The van der Waals surface area contributed by atoms with Gasteiger partial charge in [-0.2, -0.15) is 0 Å². The van der Waals surface area contributed by atoms with Gasteiger partial charge in [-0.25, -0.2) is 0 Å². The maximum absolute atomic E-state index is 12.1. The standard InChI is InChI=1S/C13H16N4O3.C5H10O2/c1-15-8-9-10(16-6-4-14-5-7-16)2-3-11(17(19)20)12(9)13(15)18;1-5(2,3)7-4-6/h2-3,14H,4-8H2,1H3;4H,1-3H3. The van der Waals surface area contributed by atoms with Crippen LogP contribution in [0.1, 0.15) is 36.7 Å². The maximum Gasteiger partial charge on any atom is 0.293 e. The maximum atomic E-state index is 12.1. The number of nitrogens with one attached hydrogen (secondary N) is 1. The van der Waals surface area contributed by atoms with Crippen molar-refractivity contribution in [2.24, 2.45) is 0 Å². The first-order valence-corrected chi connectivity index (χ1v) is 8.78. The van der Waals surface area contributed by atoms with Crippen LogP contribution < -0.4 is 10.2 Å². The van der Waals surface area contributed by atoms with Crippen molar-refractivity contribution in [2.45, 2.75) is 32.9 Å². The van der Waals surface area contributed by atoms with Crippen LogP contribution in [-0.4, -0.2) is 61.0 Å². The summed E-state index contributed by atoms with van der Waals surface area (Å²) >= 11 is 0. The number of nitro benzene ring substituents is 1. The van der Waals surface area contributed by atoms with Gasteiger partial charge in [0.2, 0.25) is 0 Å². The number of nitro groups is 1. The van der Waals surface area contributed by atoms with Crippen molar-refractivity contribution < 1.29 is 19.2 Å². The molecule has 1 saturated heterocycles. The SMILES string of the molecule is CC(C)(C)OC=O.CN1Cc2c(N3CCNCC3)ccc([N+](=O)[O-])c2C1=O. The van der Waals surface area contributed by atoms with E-state index in [-0.39, 0.29) is 22.8 Å². The van der Waals surface area contributed by atoms with Crippen molar-refractivity contribution in [3.63, 3.8) is 0 Å². The molecule has 2 heterocycles. The third-order valence-electron chi connectivity index (χ3n) is 4.28. The number of carbonyl (C=O) groups is 2. The van der Waals surface area contributed by atoms with Crippen LogP contribution in [-0.2, 0) is 16.1 Å². The molecule has 3 rings (SSSR count). The van der Waals surface area contributed by atoms with Crippen LogP contribution in [0.15, 0.2) is 12.1 Å². The second-order valence-electron chi connectivity index (χ2n) is 7.44. The average Bonchev–Trinajstić information content (AvgIpc) is 2.89. The lowest BCUT2D eigenvalue weighted by Crippen LogP contribution is -2.43. The summed E-state index contributed by atoms with van der Waals surface area (Å²) in [5.74, 6) is -0.260. The summed E-state index contributed by atoms with van der Waals surface area (Å²) in [7, 11) is 1.67. The topological polar surface area (TPSA) is 105 Å². The molecule has 0 aliphatic carbocycles. The number of benzene rings is 1. The second kappa shape index (κ2) is 8.34. The lowest BCUT2D eigenvalue weighted by molar-refractivity contribution is -0.385. The summed E-state index contributed by atoms with van der Waals surface area (Å²) in [6.45, 7) is 9.83. The summed E-state index contributed by atoms with van der Waals surface area (Å²) < 4.78 is 4.55. The van der Waals surface area contributed by atoms with Gasteiger partial charge < -0.3 is 19.9 Å². The average molecular weight is 378 g/mol. The first-order valence-electron chi connectivity index (χ1n) is 8.78. The monoisotopic (exact) mass is 378 g/mol. The molecule has 27 heavy (non-hydrogen) atoms. The molecule has 2 aliphatic rings. The number of carbonyl (C=O) groups excluding carboxylic acids is 2. The number of fused-ring (bicyclic) bond motifs is 1. The van der Waals surface area contributed by atoms with Crippen LogP contribution in [0.2, 0.25) is 0 Å². The summed E-state index contributed by atoms with van der Waals surface area (Å²) in [5.41, 5.74) is 1.59. The van der Waals surface area contributed by atoms with Gasteiger partial charge in [0.25, 0.3) is 18.1 Å². The zero-order valence-corrected chi connectivity index (χ0v) is 16.2. The van der Waals surface area contributed by atoms with Gasteiger partial charge in [-0.1, -0.05) is 0 Å². The molecule has 1 N–H and O–H groups in total. The fourth-order valence-corrected chi connectivity index (χ4v) is 3.02. The van der Waals surface area contributed by atoms with Crippen molar-refractivity contribution in [3.8, 4) is 0 Å². The summed E-state index contributed by atoms with van der Waals surface area (Å²) in [6.07, 6.45) is 0. The fraction of sp³-hybridized carbons (Fsp3) is 0.556. The van der Waals surface area contributed by atoms with Gasteiger partial charge in [0.1, 0.15) is 11.2 Å². The number of nitrogens with zero attached hydrogens (tertiary/aromatic N) is 3. The van der Waals surface area contributed by atoms with Crippen molar-refractivity contribution in [3.05, 3.63) is 33.4 Å². The smallest absolute Gasteiger partial charge is 0.293 e. The van der Waals surface area contributed by atoms with Gasteiger partial charge in [0, 0.05) is 57.1 Å². The van der Waals surface area contributed by atoms with Gasteiger partial charge in [-0.3, -0.25) is 19.7 Å². The Bertz CT molecular complexity index is 723. The normalized spacial score (nSPS) is 16.4. The van der Waals surface area contributed by atoms with E-state index in [1.165, 1.54) is 11.0 Å². The molecule has 1 fully saturated rings. The zero-order chi connectivity index (χ0) is 20.2. The molecule has 9 heteroatoms. The number of rotatable bonds is 3. The van der Waals surface area contributed by atoms with E-state index in [0.29, 0.717) is 13.0 Å². The Kier molecular flexibility index (Phi) is 6.37. The molecule has 9 nitrogen and oxygen atoms in total. The Labute approximate surface area is 158 Å². The zero-order valence-electron chi connectivity index (χ0n) is 16.2. The number of anilines is 1. The molecule has 1 amide bonds. The number of ether oxygens (including phenoxy) is 1. The number of hydrogen-bond donors (Lipinski definition) is 1. The Morgan fingerprint density at radius 1 is 1.26 bits per heavy atom. The molecule has 0 aromatic heterocycles. The molecule has 2 aliphatic heterocycles. The Hall–Kier alpha value is -2.68. The third-order valence-corrected chi connectivity index (χ3v) is 4.28. The highest BCUT2D eigenvalue weighted by atomic mass is 16.6. The molecule has 0 atom stereocenters. The molecule has 0 saturated carbocycles. The van der Waals surface area contributed by atoms with E-state index in [9.17, 15) is 19.7 Å². The molecule has 0 radical (unpaired) electrons. The molecule has 148 valence electrons. The van der Waals surface area contributed by atoms with Gasteiger partial charge in [0.15, 0.2) is 0 Å². The van der Waals surface area contributed by atoms with E-state index < -0.39 is 4.92 Å². The van der Waals surface area contributed by atoms with Crippen LogP contribution in [0.4, 0.5) is 11.4 Å². The van der Waals surface area contributed by atoms with Crippen LogP contribution in [0.5, 0.6) is 0 Å². The minimum absolute atomic E-state index is 0.0896. The summed E-state index contributed by atoms with van der Waals surface area (Å²) in [4.78, 5) is 36.1. The lowest BCUT2D eigenvalue weighted by Gasteiger charge is -2.30. The predicted octanol–water partition coefficient (Wildman–Crippen LogP) is 1.55. The van der Waals surface area contributed by atoms with Crippen LogP contribution >= 0.6 is 0 Å². The first-order chi connectivity index (χ1) is 12.7. The second-order valence-corrected chi connectivity index (χ2v) is 7.44. The molecular weight excluding hydrogens is 352 g/mol. The van der Waals surface area contributed by atoms with Crippen molar-refractivity contribution >= 4 is 23.8 Å². The quantitative estimate of drug-likeness (QED) is 0.483. The van der Waals surface area contributed by atoms with Crippen molar-refractivity contribution in [1.82, 2.24) is 10.2 Å². The van der Waals surface area contributed by atoms with Crippen LogP contribution in [0.25, 0.3) is 0 Å². The van der Waals surface area contributed by atoms with E-state index in [1.54, 1.807) is 13.1 Å². The minimum atomic E-state index is -0.475. The predicted molar refractivity (Wildman–Crippen MR) is 101 cm³/mol. The molecule has 0 spiro atoms. The van der Waals surface area contributed by atoms with Gasteiger partial charge in [-0.05, 0) is 26.8 Å². The van der Waals surface area contributed by atoms with Crippen molar-refractivity contribution in [1.29, 1.82) is 0 Å². The van der Waals surface area contributed by atoms with Gasteiger partial charge in [0.05, 0.1) is 4.92 Å². The minimum Gasteiger partial charge on any atom is -0.462 e. The number of hydrogen-bond acceptors (Lipinski definition) is 7. The third kappa shape index (κ3) is 4.94. The van der Waals surface area contributed by atoms with Gasteiger partial charge >= 0.3 is 0 Å². The molecule has 0 unspecified atom stereocenters. The Morgan fingerprint density at radius 3 is 2.37 bits per heavy atom. The fourth-order valence-electron chi connectivity index (χ4n) is 3.02. The highest BCUT2D eigenvalue weighted by Gasteiger charge is 2.35. The highest BCUT2D eigenvalue weighted by Crippen LogP contribution is 2.37. The highest BCUT2D eigenvalue weighted by molar-refractivity contribution is 6.03. The van der Waals surface area contributed by atoms with Crippen LogP contribution in [0, 0.1) is 10.1 Å². The lowest BCUT2D eigenvalue weighted by atomic mass is 10.0. The molecule has 0 bridgehead atoms. The first kappa shape index (κ1) is 20.6. The van der Waals surface area contributed by atoms with Gasteiger partial charge in [-0.15, -0.1) is 0 Å². The number of amides is 1. The van der Waals surface area contributed by atoms with E-state index in [0.717, 1.165) is 37.4 Å². The molecule has 1 aromatic rings. The number of piperazine rings is 1. The summed E-state index contributed by atoms with van der Waals surface area (Å²) in [6, 6.07) is 3.22. The Morgan fingerprint density at radius 2 is 1.89 bits per heavy atom.